The van der Waals surface area contributed by atoms with Gasteiger partial charge < -0.3 is 9.84 Å². The highest BCUT2D eigenvalue weighted by atomic mass is 35.5. The zero-order valence-electron chi connectivity index (χ0n) is 8.44. The normalized spacial score (nSPS) is 12.2. The van der Waals surface area contributed by atoms with Crippen LogP contribution in [0.25, 0.3) is 0 Å². The van der Waals surface area contributed by atoms with Gasteiger partial charge in [0, 0.05) is 17.9 Å². The fraction of sp³-hybridized carbons (Fsp3) is 0.364. The molecule has 0 spiro atoms. The van der Waals surface area contributed by atoms with E-state index >= 15 is 0 Å². The molecule has 0 saturated carbocycles. The first-order valence-electron chi connectivity index (χ1n) is 4.63. The summed E-state index contributed by atoms with van der Waals surface area (Å²) in [5.74, 6) is -0.534. The third kappa shape index (κ3) is 3.90. The lowest BCUT2D eigenvalue weighted by Gasteiger charge is -2.14. The van der Waals surface area contributed by atoms with Gasteiger partial charge in [-0.05, 0) is 17.7 Å². The average Bonchev–Trinajstić information content (AvgIpc) is 2.21. The van der Waals surface area contributed by atoms with Crippen LogP contribution in [0.5, 0.6) is 0 Å². The van der Waals surface area contributed by atoms with Crippen LogP contribution in [0.2, 0.25) is 5.02 Å². The van der Waals surface area contributed by atoms with Gasteiger partial charge in [-0.3, -0.25) is 4.79 Å². The molecule has 4 heteroatoms. The molecular weight excluding hydrogens is 216 g/mol. The SMILES string of the molecule is CC(=O)OCC(CO)c1ccc(Cl)cc1. The lowest BCUT2D eigenvalue weighted by Crippen LogP contribution is -2.14. The van der Waals surface area contributed by atoms with E-state index in [9.17, 15) is 4.79 Å². The maximum Gasteiger partial charge on any atom is 0.302 e. The minimum absolute atomic E-state index is 0.0606. The zero-order chi connectivity index (χ0) is 11.3. The van der Waals surface area contributed by atoms with Crippen molar-refractivity contribution in [3.63, 3.8) is 0 Å². The van der Waals surface area contributed by atoms with E-state index in [0.29, 0.717) is 5.02 Å². The van der Waals surface area contributed by atoms with Crippen LogP contribution < -0.4 is 0 Å². The number of ether oxygens (including phenoxy) is 1. The molecule has 0 aromatic heterocycles. The van der Waals surface area contributed by atoms with Gasteiger partial charge in [0.1, 0.15) is 6.61 Å². The molecule has 1 aromatic carbocycles. The molecule has 0 heterocycles. The molecule has 0 saturated heterocycles. The molecule has 0 aliphatic carbocycles. The topological polar surface area (TPSA) is 46.5 Å². The molecule has 0 radical (unpaired) electrons. The third-order valence-corrected chi connectivity index (χ3v) is 2.30. The van der Waals surface area contributed by atoms with Crippen molar-refractivity contribution in [3.05, 3.63) is 34.9 Å². The Balaban J connectivity index is 2.65. The summed E-state index contributed by atoms with van der Waals surface area (Å²) in [5.41, 5.74) is 0.906. The van der Waals surface area contributed by atoms with Crippen molar-refractivity contribution in [1.29, 1.82) is 0 Å². The van der Waals surface area contributed by atoms with Crippen LogP contribution in [0.15, 0.2) is 24.3 Å². The van der Waals surface area contributed by atoms with Crippen LogP contribution in [-0.4, -0.2) is 24.3 Å². The maximum atomic E-state index is 10.6. The first-order chi connectivity index (χ1) is 7.13. The van der Waals surface area contributed by atoms with Gasteiger partial charge in [0.2, 0.25) is 0 Å². The highest BCUT2D eigenvalue weighted by Crippen LogP contribution is 2.18. The quantitative estimate of drug-likeness (QED) is 0.802. The summed E-state index contributed by atoms with van der Waals surface area (Å²) in [6.07, 6.45) is 0. The van der Waals surface area contributed by atoms with Gasteiger partial charge in [-0.15, -0.1) is 0 Å². The van der Waals surface area contributed by atoms with E-state index in [1.165, 1.54) is 6.92 Å². The Morgan fingerprint density at radius 2 is 2.07 bits per heavy atom. The van der Waals surface area contributed by atoms with Crippen molar-refractivity contribution in [3.8, 4) is 0 Å². The first-order valence-corrected chi connectivity index (χ1v) is 5.01. The number of aliphatic hydroxyl groups is 1. The molecule has 1 aromatic rings. The Labute approximate surface area is 93.6 Å². The van der Waals surface area contributed by atoms with Gasteiger partial charge in [0.05, 0.1) is 6.61 Å². The second-order valence-corrected chi connectivity index (χ2v) is 3.67. The summed E-state index contributed by atoms with van der Waals surface area (Å²) in [6.45, 7) is 1.47. The third-order valence-electron chi connectivity index (χ3n) is 2.05. The number of hydrogen-bond acceptors (Lipinski definition) is 3. The molecule has 0 aliphatic heterocycles. The van der Waals surface area contributed by atoms with Crippen molar-refractivity contribution >= 4 is 17.6 Å². The van der Waals surface area contributed by atoms with Crippen LogP contribution in [-0.2, 0) is 9.53 Å². The fourth-order valence-corrected chi connectivity index (χ4v) is 1.33. The summed E-state index contributed by atoms with van der Waals surface area (Å²) in [4.78, 5) is 10.6. The summed E-state index contributed by atoms with van der Waals surface area (Å²) in [6, 6.07) is 7.11. The van der Waals surface area contributed by atoms with Gasteiger partial charge in [0.15, 0.2) is 0 Å². The van der Waals surface area contributed by atoms with E-state index in [0.717, 1.165) is 5.56 Å². The Bertz CT molecular complexity index is 321. The number of rotatable bonds is 4. The molecule has 15 heavy (non-hydrogen) atoms. The van der Waals surface area contributed by atoms with Crippen LogP contribution in [0.3, 0.4) is 0 Å². The standard InChI is InChI=1S/C11H13ClO3/c1-8(14)15-7-10(6-13)9-2-4-11(12)5-3-9/h2-5,10,13H,6-7H2,1H3. The lowest BCUT2D eigenvalue weighted by atomic mass is 10.0. The van der Waals surface area contributed by atoms with Crippen molar-refractivity contribution in [2.45, 2.75) is 12.8 Å². The zero-order valence-corrected chi connectivity index (χ0v) is 9.20. The van der Waals surface area contributed by atoms with Crippen LogP contribution in [0.4, 0.5) is 0 Å². The Hall–Kier alpha value is -1.06. The van der Waals surface area contributed by atoms with Crippen LogP contribution >= 0.6 is 11.6 Å². The Morgan fingerprint density at radius 3 is 2.53 bits per heavy atom. The van der Waals surface area contributed by atoms with Crippen molar-refractivity contribution in [2.24, 2.45) is 0 Å². The van der Waals surface area contributed by atoms with E-state index in [1.807, 2.05) is 12.1 Å². The minimum Gasteiger partial charge on any atom is -0.465 e. The summed E-state index contributed by atoms with van der Waals surface area (Å²) >= 11 is 5.74. The van der Waals surface area contributed by atoms with E-state index in [1.54, 1.807) is 12.1 Å². The number of halogens is 1. The number of hydrogen-bond donors (Lipinski definition) is 1. The molecule has 0 fully saturated rings. The van der Waals surface area contributed by atoms with Crippen molar-refractivity contribution < 1.29 is 14.6 Å². The molecule has 3 nitrogen and oxygen atoms in total. The van der Waals surface area contributed by atoms with E-state index < -0.39 is 0 Å². The highest BCUT2D eigenvalue weighted by Gasteiger charge is 2.11. The number of esters is 1. The number of benzene rings is 1. The summed E-state index contributed by atoms with van der Waals surface area (Å²) < 4.78 is 4.85. The molecule has 0 bridgehead atoms. The number of carbonyl (C=O) groups excluding carboxylic acids is 1. The molecule has 1 N–H and O–H groups in total. The number of aliphatic hydroxyl groups excluding tert-OH is 1. The lowest BCUT2D eigenvalue weighted by molar-refractivity contribution is -0.141. The van der Waals surface area contributed by atoms with Gasteiger partial charge in [-0.2, -0.15) is 0 Å². The minimum atomic E-state index is -0.345. The molecule has 0 amide bonds. The molecule has 82 valence electrons. The second kappa shape index (κ2) is 5.73. The highest BCUT2D eigenvalue weighted by molar-refractivity contribution is 6.30. The van der Waals surface area contributed by atoms with E-state index in [2.05, 4.69) is 0 Å². The fourth-order valence-electron chi connectivity index (χ4n) is 1.21. The van der Waals surface area contributed by atoms with Gasteiger partial charge in [-0.1, -0.05) is 23.7 Å². The molecule has 1 unspecified atom stereocenters. The van der Waals surface area contributed by atoms with E-state index in [-0.39, 0.29) is 25.1 Å². The maximum absolute atomic E-state index is 10.6. The Kier molecular flexibility index (Phi) is 4.59. The second-order valence-electron chi connectivity index (χ2n) is 3.23. The molecular formula is C11H13ClO3. The molecule has 1 rings (SSSR count). The average molecular weight is 229 g/mol. The van der Waals surface area contributed by atoms with Crippen molar-refractivity contribution in [1.82, 2.24) is 0 Å². The van der Waals surface area contributed by atoms with Crippen LogP contribution in [0, 0.1) is 0 Å². The summed E-state index contributed by atoms with van der Waals surface area (Å²) in [5, 5.41) is 9.78. The monoisotopic (exact) mass is 228 g/mol. The first kappa shape index (κ1) is 12.0. The smallest absolute Gasteiger partial charge is 0.302 e. The predicted molar refractivity (Wildman–Crippen MR) is 57.9 cm³/mol. The van der Waals surface area contributed by atoms with Gasteiger partial charge in [-0.25, -0.2) is 0 Å². The van der Waals surface area contributed by atoms with Gasteiger partial charge >= 0.3 is 5.97 Å². The largest absolute Gasteiger partial charge is 0.465 e. The molecule has 0 aliphatic rings. The summed E-state index contributed by atoms with van der Waals surface area (Å²) in [7, 11) is 0. The van der Waals surface area contributed by atoms with Crippen LogP contribution in [0.1, 0.15) is 18.4 Å². The predicted octanol–water partition coefficient (Wildman–Crippen LogP) is 1.98. The van der Waals surface area contributed by atoms with Crippen molar-refractivity contribution in [2.75, 3.05) is 13.2 Å². The van der Waals surface area contributed by atoms with E-state index in [4.69, 9.17) is 21.4 Å². The number of carbonyl (C=O) groups is 1. The molecule has 1 atom stereocenters. The van der Waals surface area contributed by atoms with Gasteiger partial charge in [0.25, 0.3) is 0 Å². The Morgan fingerprint density at radius 1 is 1.47 bits per heavy atom.